The number of hydrogen-bond acceptors (Lipinski definition) is 6. The van der Waals surface area contributed by atoms with Crippen LogP contribution in [0.25, 0.3) is 11.4 Å². The highest BCUT2D eigenvalue weighted by Gasteiger charge is 2.30. The number of benzene rings is 1. The van der Waals surface area contributed by atoms with Crippen molar-refractivity contribution in [3.63, 3.8) is 0 Å². The summed E-state index contributed by atoms with van der Waals surface area (Å²) in [6.45, 7) is 4.12. The van der Waals surface area contributed by atoms with Crippen LogP contribution >= 0.6 is 11.6 Å². The van der Waals surface area contributed by atoms with Crippen LogP contribution in [0.15, 0.2) is 33.8 Å². The zero-order valence-electron chi connectivity index (χ0n) is 17.6. The van der Waals surface area contributed by atoms with Crippen molar-refractivity contribution in [2.75, 3.05) is 46.4 Å². The number of rotatable bonds is 5. The molecule has 1 amide bonds. The van der Waals surface area contributed by atoms with Gasteiger partial charge in [0.1, 0.15) is 6.10 Å². The molecule has 2 saturated heterocycles. The van der Waals surface area contributed by atoms with Crippen LogP contribution in [0.4, 0.5) is 0 Å². The van der Waals surface area contributed by atoms with Crippen LogP contribution in [0.5, 0.6) is 0 Å². The highest BCUT2D eigenvalue weighted by atomic mass is 35.5. The summed E-state index contributed by atoms with van der Waals surface area (Å²) < 4.78 is 10.9. The number of piperazine rings is 1. The van der Waals surface area contributed by atoms with Crippen molar-refractivity contribution in [2.24, 2.45) is 4.99 Å². The summed E-state index contributed by atoms with van der Waals surface area (Å²) in [7, 11) is 1.76. The topological polar surface area (TPSA) is 96.1 Å². The smallest absolute Gasteiger partial charge is 0.251 e. The largest absolute Gasteiger partial charge is 0.368 e. The number of ether oxygens (including phenoxy) is 1. The van der Waals surface area contributed by atoms with E-state index in [1.54, 1.807) is 19.2 Å². The third-order valence-corrected chi connectivity index (χ3v) is 5.75. The molecule has 0 aliphatic carbocycles. The maximum absolute atomic E-state index is 12.5. The van der Waals surface area contributed by atoms with Crippen LogP contribution in [0, 0.1) is 0 Å². The number of aliphatic imine (C=N–C) groups is 1. The van der Waals surface area contributed by atoms with Gasteiger partial charge in [0, 0.05) is 63.4 Å². The first kappa shape index (κ1) is 21.6. The van der Waals surface area contributed by atoms with E-state index in [-0.39, 0.29) is 12.0 Å². The van der Waals surface area contributed by atoms with Gasteiger partial charge >= 0.3 is 0 Å². The molecule has 2 aliphatic heterocycles. The number of carbonyl (C=O) groups excluding carboxylic acids is 1. The molecule has 0 spiro atoms. The Balaban J connectivity index is 1.23. The number of nitrogens with one attached hydrogen (secondary N) is 1. The second kappa shape index (κ2) is 10.1. The molecule has 3 heterocycles. The number of carbonyl (C=O) groups is 1. The standard InChI is InChI=1S/C21H27ClN6O3/c1-23-21(28-12-10-27(11-13-28)20(29)17-3-2-14-30-17)24-9-8-18-25-19(26-31-18)15-4-6-16(22)7-5-15/h4-7,17H,2-3,8-14H2,1H3,(H,23,24). The third-order valence-electron chi connectivity index (χ3n) is 5.50. The number of hydrogen-bond donors (Lipinski definition) is 1. The molecule has 1 aromatic carbocycles. The molecule has 1 atom stereocenters. The first-order chi connectivity index (χ1) is 15.1. The average molecular weight is 447 g/mol. The minimum Gasteiger partial charge on any atom is -0.368 e. The van der Waals surface area contributed by atoms with Crippen LogP contribution in [0.3, 0.4) is 0 Å². The molecule has 10 heteroatoms. The zero-order chi connectivity index (χ0) is 21.6. The van der Waals surface area contributed by atoms with E-state index in [9.17, 15) is 4.79 Å². The van der Waals surface area contributed by atoms with Crippen molar-refractivity contribution >= 4 is 23.5 Å². The molecule has 1 unspecified atom stereocenters. The molecule has 1 aromatic heterocycles. The lowest BCUT2D eigenvalue weighted by atomic mass is 10.2. The van der Waals surface area contributed by atoms with E-state index in [2.05, 4.69) is 25.3 Å². The number of aromatic nitrogens is 2. The normalized spacial score (nSPS) is 19.7. The molecular formula is C21H27ClN6O3. The van der Waals surface area contributed by atoms with Gasteiger partial charge in [-0.15, -0.1) is 0 Å². The predicted molar refractivity (Wildman–Crippen MR) is 117 cm³/mol. The van der Waals surface area contributed by atoms with Crippen LogP contribution in [-0.2, 0) is 16.0 Å². The molecule has 0 bridgehead atoms. The second-order valence-corrected chi connectivity index (χ2v) is 7.99. The number of guanidine groups is 1. The van der Waals surface area contributed by atoms with Crippen LogP contribution < -0.4 is 5.32 Å². The van der Waals surface area contributed by atoms with Crippen molar-refractivity contribution < 1.29 is 14.1 Å². The quantitative estimate of drug-likeness (QED) is 0.552. The summed E-state index contributed by atoms with van der Waals surface area (Å²) in [5.74, 6) is 2.03. The minimum absolute atomic E-state index is 0.119. The summed E-state index contributed by atoms with van der Waals surface area (Å²) in [5, 5.41) is 8.05. The molecule has 0 radical (unpaired) electrons. The Kier molecular flexibility index (Phi) is 7.03. The molecule has 1 N–H and O–H groups in total. The van der Waals surface area contributed by atoms with Gasteiger partial charge < -0.3 is 24.4 Å². The average Bonchev–Trinajstić information content (AvgIpc) is 3.50. The van der Waals surface area contributed by atoms with Crippen LogP contribution in [0.2, 0.25) is 5.02 Å². The van der Waals surface area contributed by atoms with Gasteiger partial charge in [0.15, 0.2) is 5.96 Å². The third kappa shape index (κ3) is 5.34. The molecule has 166 valence electrons. The lowest BCUT2D eigenvalue weighted by Crippen LogP contribution is -2.55. The van der Waals surface area contributed by atoms with Gasteiger partial charge in [0.25, 0.3) is 5.91 Å². The Bertz CT molecular complexity index is 902. The second-order valence-electron chi connectivity index (χ2n) is 7.56. The van der Waals surface area contributed by atoms with Gasteiger partial charge in [-0.1, -0.05) is 16.8 Å². The fourth-order valence-electron chi connectivity index (χ4n) is 3.80. The molecule has 9 nitrogen and oxygen atoms in total. The van der Waals surface area contributed by atoms with Crippen molar-refractivity contribution in [1.29, 1.82) is 0 Å². The van der Waals surface area contributed by atoms with Crippen molar-refractivity contribution in [3.05, 3.63) is 35.2 Å². The van der Waals surface area contributed by atoms with Gasteiger partial charge in [-0.3, -0.25) is 9.79 Å². The van der Waals surface area contributed by atoms with E-state index in [1.807, 2.05) is 17.0 Å². The highest BCUT2D eigenvalue weighted by Crippen LogP contribution is 2.19. The highest BCUT2D eigenvalue weighted by molar-refractivity contribution is 6.30. The number of nitrogens with zero attached hydrogens (tertiary/aromatic N) is 5. The Morgan fingerprint density at radius 1 is 1.23 bits per heavy atom. The SMILES string of the molecule is CN=C(NCCc1nc(-c2ccc(Cl)cc2)no1)N1CCN(C(=O)C2CCCO2)CC1. The maximum Gasteiger partial charge on any atom is 0.251 e. The molecule has 31 heavy (non-hydrogen) atoms. The molecule has 2 aliphatic rings. The lowest BCUT2D eigenvalue weighted by Gasteiger charge is -2.37. The van der Waals surface area contributed by atoms with Gasteiger partial charge in [0.2, 0.25) is 11.7 Å². The first-order valence-electron chi connectivity index (χ1n) is 10.6. The Morgan fingerprint density at radius 3 is 2.65 bits per heavy atom. The Hall–Kier alpha value is -2.65. The lowest BCUT2D eigenvalue weighted by molar-refractivity contribution is -0.142. The van der Waals surface area contributed by atoms with Gasteiger partial charge in [-0.05, 0) is 37.1 Å². The molecule has 0 saturated carbocycles. The first-order valence-corrected chi connectivity index (χ1v) is 11.0. The van der Waals surface area contributed by atoms with E-state index >= 15 is 0 Å². The maximum atomic E-state index is 12.5. The van der Waals surface area contributed by atoms with E-state index in [4.69, 9.17) is 20.9 Å². The van der Waals surface area contributed by atoms with Crippen molar-refractivity contribution in [3.8, 4) is 11.4 Å². The van der Waals surface area contributed by atoms with Crippen LogP contribution in [-0.4, -0.2) is 84.3 Å². The van der Waals surface area contributed by atoms with Crippen LogP contribution in [0.1, 0.15) is 18.7 Å². The molecule has 4 rings (SSSR count). The molecule has 2 aromatic rings. The Labute approximate surface area is 186 Å². The summed E-state index contributed by atoms with van der Waals surface area (Å²) in [4.78, 5) is 25.4. The van der Waals surface area contributed by atoms with Crippen molar-refractivity contribution in [1.82, 2.24) is 25.3 Å². The summed E-state index contributed by atoms with van der Waals surface area (Å²) in [6, 6.07) is 7.32. The molecule has 2 fully saturated rings. The fourth-order valence-corrected chi connectivity index (χ4v) is 3.93. The fraction of sp³-hybridized carbons (Fsp3) is 0.524. The van der Waals surface area contributed by atoms with Crippen molar-refractivity contribution in [2.45, 2.75) is 25.4 Å². The van der Waals surface area contributed by atoms with Gasteiger partial charge in [0.05, 0.1) is 0 Å². The van der Waals surface area contributed by atoms with E-state index in [0.717, 1.165) is 37.5 Å². The monoisotopic (exact) mass is 446 g/mol. The van der Waals surface area contributed by atoms with Gasteiger partial charge in [-0.25, -0.2) is 0 Å². The zero-order valence-corrected chi connectivity index (χ0v) is 18.3. The van der Waals surface area contributed by atoms with E-state index in [0.29, 0.717) is 49.4 Å². The van der Waals surface area contributed by atoms with E-state index < -0.39 is 0 Å². The number of amides is 1. The Morgan fingerprint density at radius 2 is 1.97 bits per heavy atom. The number of halogens is 1. The predicted octanol–water partition coefficient (Wildman–Crippen LogP) is 1.83. The summed E-state index contributed by atoms with van der Waals surface area (Å²) in [6.07, 6.45) is 2.12. The van der Waals surface area contributed by atoms with Gasteiger partial charge in [-0.2, -0.15) is 4.98 Å². The summed E-state index contributed by atoms with van der Waals surface area (Å²) in [5.41, 5.74) is 0.860. The molecular weight excluding hydrogens is 420 g/mol. The van der Waals surface area contributed by atoms with E-state index in [1.165, 1.54) is 0 Å². The summed E-state index contributed by atoms with van der Waals surface area (Å²) >= 11 is 5.92. The minimum atomic E-state index is -0.254.